The lowest BCUT2D eigenvalue weighted by molar-refractivity contribution is -0.165. The lowest BCUT2D eigenvalue weighted by atomic mass is 9.98. The van der Waals surface area contributed by atoms with Gasteiger partial charge in [-0.2, -0.15) is 0 Å². The summed E-state index contributed by atoms with van der Waals surface area (Å²) in [6.45, 7) is 6.37. The fraction of sp³-hybridized carbons (Fsp3) is 0.556. The van der Waals surface area contributed by atoms with E-state index in [-0.39, 0.29) is 41.8 Å². The molecule has 0 aliphatic carbocycles. The molecule has 2 fully saturated rings. The van der Waals surface area contributed by atoms with Crippen LogP contribution in [0.25, 0.3) is 0 Å². The van der Waals surface area contributed by atoms with Crippen LogP contribution < -0.4 is 5.32 Å². The summed E-state index contributed by atoms with van der Waals surface area (Å²) in [4.78, 5) is 80.8. The average Bonchev–Trinajstić information content (AvgIpc) is 3.14. The van der Waals surface area contributed by atoms with Crippen molar-refractivity contribution in [3.8, 4) is 0 Å². The lowest BCUT2D eigenvalue weighted by Crippen LogP contribution is -2.57. The van der Waals surface area contributed by atoms with Crippen molar-refractivity contribution in [2.45, 2.75) is 71.0 Å². The summed E-state index contributed by atoms with van der Waals surface area (Å²) < 4.78 is 5.23. The molecule has 38 heavy (non-hydrogen) atoms. The van der Waals surface area contributed by atoms with Crippen LogP contribution >= 0.6 is 0 Å². The Balaban J connectivity index is 1.36. The maximum atomic E-state index is 13.2. The third kappa shape index (κ3) is 5.33. The molecule has 5 amide bonds. The first-order valence-corrected chi connectivity index (χ1v) is 13.1. The van der Waals surface area contributed by atoms with Gasteiger partial charge < -0.3 is 10.1 Å². The Kier molecular flexibility index (Phi) is 8.25. The molecule has 0 saturated carbocycles. The number of carbonyl (C=O) groups excluding carboxylic acids is 6. The number of amides is 5. The molecule has 0 bridgehead atoms. The molecule has 0 radical (unpaired) electrons. The van der Waals surface area contributed by atoms with Crippen LogP contribution in [0.2, 0.25) is 0 Å². The van der Waals surface area contributed by atoms with Gasteiger partial charge in [0.15, 0.2) is 6.73 Å². The van der Waals surface area contributed by atoms with Crippen molar-refractivity contribution >= 4 is 35.5 Å². The molecular formula is C27H34N4O7. The Morgan fingerprint density at radius 3 is 2.16 bits per heavy atom. The highest BCUT2D eigenvalue weighted by Gasteiger charge is 2.47. The molecule has 4 rings (SSSR count). The van der Waals surface area contributed by atoms with Crippen LogP contribution in [0.4, 0.5) is 0 Å². The summed E-state index contributed by atoms with van der Waals surface area (Å²) in [5.41, 5.74) is 0.406. The van der Waals surface area contributed by atoms with Crippen LogP contribution in [0.1, 0.15) is 73.6 Å². The van der Waals surface area contributed by atoms with E-state index in [2.05, 4.69) is 10.2 Å². The van der Waals surface area contributed by atoms with Crippen LogP contribution in [0, 0.1) is 5.92 Å². The number of nitrogens with one attached hydrogen (secondary N) is 1. The Morgan fingerprint density at radius 2 is 1.58 bits per heavy atom. The van der Waals surface area contributed by atoms with E-state index >= 15 is 0 Å². The van der Waals surface area contributed by atoms with E-state index in [1.165, 1.54) is 19.1 Å². The molecule has 2 saturated heterocycles. The number of ether oxygens (including phenoxy) is 1. The molecular weight excluding hydrogens is 492 g/mol. The SMILES string of the molecule is CC(C)C(C(=O)N[C@@H](C)C(=O)OCN1C(=O)CC[C@H](N2C(=O)c3ccccc3C2=O)C1=O)N1CCCCC1. The fourth-order valence-electron chi connectivity index (χ4n) is 5.39. The zero-order chi connectivity index (χ0) is 27.6. The topological polar surface area (TPSA) is 133 Å². The van der Waals surface area contributed by atoms with Crippen molar-refractivity contribution in [1.82, 2.24) is 20.0 Å². The van der Waals surface area contributed by atoms with E-state index in [1.54, 1.807) is 12.1 Å². The second kappa shape index (κ2) is 11.4. The summed E-state index contributed by atoms with van der Waals surface area (Å²) in [6.07, 6.45) is 3.07. The number of hydrogen-bond donors (Lipinski definition) is 1. The predicted octanol–water partition coefficient (Wildman–Crippen LogP) is 1.32. The quantitative estimate of drug-likeness (QED) is 0.396. The number of esters is 1. The minimum absolute atomic E-state index is 0.00681. The van der Waals surface area contributed by atoms with Gasteiger partial charge in [-0.1, -0.05) is 32.4 Å². The summed E-state index contributed by atoms with van der Waals surface area (Å²) >= 11 is 0. The van der Waals surface area contributed by atoms with Gasteiger partial charge in [-0.05, 0) is 57.3 Å². The highest BCUT2D eigenvalue weighted by molar-refractivity contribution is 6.23. The van der Waals surface area contributed by atoms with E-state index < -0.39 is 48.4 Å². The van der Waals surface area contributed by atoms with E-state index in [9.17, 15) is 28.8 Å². The Labute approximate surface area is 221 Å². The number of fused-ring (bicyclic) bond motifs is 1. The van der Waals surface area contributed by atoms with Gasteiger partial charge in [0.25, 0.3) is 17.7 Å². The van der Waals surface area contributed by atoms with Gasteiger partial charge in [-0.25, -0.2) is 9.69 Å². The van der Waals surface area contributed by atoms with Gasteiger partial charge in [-0.15, -0.1) is 0 Å². The Morgan fingerprint density at radius 1 is 0.974 bits per heavy atom. The predicted molar refractivity (Wildman–Crippen MR) is 134 cm³/mol. The average molecular weight is 527 g/mol. The molecule has 3 atom stereocenters. The zero-order valence-corrected chi connectivity index (χ0v) is 22.0. The van der Waals surface area contributed by atoms with Crippen molar-refractivity contribution in [3.05, 3.63) is 35.4 Å². The van der Waals surface area contributed by atoms with Gasteiger partial charge in [0, 0.05) is 6.42 Å². The number of hydrogen-bond acceptors (Lipinski definition) is 8. The highest BCUT2D eigenvalue weighted by Crippen LogP contribution is 2.29. The maximum Gasteiger partial charge on any atom is 0.330 e. The van der Waals surface area contributed by atoms with E-state index in [4.69, 9.17) is 4.74 Å². The number of likely N-dealkylation sites (tertiary alicyclic amines) is 2. The molecule has 204 valence electrons. The van der Waals surface area contributed by atoms with Crippen molar-refractivity contribution in [2.75, 3.05) is 19.8 Å². The van der Waals surface area contributed by atoms with Gasteiger partial charge in [0.2, 0.25) is 11.8 Å². The minimum atomic E-state index is -1.17. The van der Waals surface area contributed by atoms with Crippen LogP contribution in [-0.4, -0.2) is 88.2 Å². The minimum Gasteiger partial charge on any atom is -0.442 e. The zero-order valence-electron chi connectivity index (χ0n) is 22.0. The smallest absolute Gasteiger partial charge is 0.330 e. The normalized spacial score (nSPS) is 21.9. The molecule has 11 nitrogen and oxygen atoms in total. The maximum absolute atomic E-state index is 13.2. The summed E-state index contributed by atoms with van der Waals surface area (Å²) in [7, 11) is 0. The van der Waals surface area contributed by atoms with Crippen molar-refractivity contribution < 1.29 is 33.5 Å². The summed E-state index contributed by atoms with van der Waals surface area (Å²) in [6, 6.07) is 3.72. The number of rotatable bonds is 8. The number of benzene rings is 1. The van der Waals surface area contributed by atoms with Gasteiger partial charge in [-0.3, -0.25) is 33.8 Å². The van der Waals surface area contributed by atoms with Crippen molar-refractivity contribution in [1.29, 1.82) is 0 Å². The third-order valence-corrected chi connectivity index (χ3v) is 7.35. The molecule has 1 aromatic carbocycles. The number of nitrogens with zero attached hydrogens (tertiary/aromatic N) is 3. The van der Waals surface area contributed by atoms with E-state index in [0.717, 1.165) is 42.2 Å². The molecule has 1 aromatic rings. The number of carbonyl (C=O) groups is 6. The standard InChI is InChI=1S/C27H34N4O7/c1-16(2)22(29-13-7-4-8-14-29)23(33)28-17(3)27(37)38-15-30-21(32)12-11-20(26(30)36)31-24(34)18-9-5-6-10-19(18)25(31)35/h5-6,9-10,16-17,20,22H,4,7-8,11-15H2,1-3H3,(H,28,33)/t17-,20-,22?/m0/s1. The Hall–Kier alpha value is -3.60. The molecule has 0 aromatic heterocycles. The monoisotopic (exact) mass is 526 g/mol. The second-order valence-corrected chi connectivity index (χ2v) is 10.3. The fourth-order valence-corrected chi connectivity index (χ4v) is 5.39. The van der Waals surface area contributed by atoms with Crippen molar-refractivity contribution in [3.63, 3.8) is 0 Å². The summed E-state index contributed by atoms with van der Waals surface area (Å²) in [5, 5.41) is 2.70. The number of imide groups is 2. The largest absolute Gasteiger partial charge is 0.442 e. The molecule has 3 aliphatic heterocycles. The lowest BCUT2D eigenvalue weighted by Gasteiger charge is -2.36. The molecule has 1 unspecified atom stereocenters. The third-order valence-electron chi connectivity index (χ3n) is 7.35. The molecule has 3 heterocycles. The van der Waals surface area contributed by atoms with Crippen LogP contribution in [-0.2, 0) is 23.9 Å². The highest BCUT2D eigenvalue weighted by atomic mass is 16.5. The molecule has 1 N–H and O–H groups in total. The van der Waals surface area contributed by atoms with Crippen LogP contribution in [0.5, 0.6) is 0 Å². The van der Waals surface area contributed by atoms with E-state index in [1.807, 2.05) is 13.8 Å². The van der Waals surface area contributed by atoms with E-state index in [0.29, 0.717) is 0 Å². The first kappa shape index (κ1) is 27.4. The molecule has 0 spiro atoms. The first-order chi connectivity index (χ1) is 18.1. The second-order valence-electron chi connectivity index (χ2n) is 10.3. The van der Waals surface area contributed by atoms with Gasteiger partial charge in [0.05, 0.1) is 17.2 Å². The molecule has 11 heteroatoms. The van der Waals surface area contributed by atoms with Crippen molar-refractivity contribution in [2.24, 2.45) is 5.92 Å². The van der Waals surface area contributed by atoms with Gasteiger partial charge in [0.1, 0.15) is 12.1 Å². The molecule has 3 aliphatic rings. The summed E-state index contributed by atoms with van der Waals surface area (Å²) in [5.74, 6) is -3.59. The first-order valence-electron chi connectivity index (χ1n) is 13.1. The van der Waals surface area contributed by atoms with Crippen LogP contribution in [0.3, 0.4) is 0 Å². The number of piperidine rings is 2. The van der Waals surface area contributed by atoms with Gasteiger partial charge >= 0.3 is 5.97 Å². The van der Waals surface area contributed by atoms with Crippen LogP contribution in [0.15, 0.2) is 24.3 Å². The Bertz CT molecular complexity index is 1110.